The van der Waals surface area contributed by atoms with Gasteiger partial charge in [-0.15, -0.1) is 11.3 Å². The highest BCUT2D eigenvalue weighted by molar-refractivity contribution is 7.09. The second-order valence-corrected chi connectivity index (χ2v) is 10.2. The molecule has 0 amide bonds. The number of benzene rings is 1. The quantitative estimate of drug-likeness (QED) is 0.414. The number of pyridine rings is 1. The number of aryl methyl sites for hydroxylation is 1. The van der Waals surface area contributed by atoms with E-state index in [2.05, 4.69) is 44.5 Å². The maximum Gasteiger partial charge on any atom is 0.177 e. The summed E-state index contributed by atoms with van der Waals surface area (Å²) in [7, 11) is 0. The van der Waals surface area contributed by atoms with Crippen molar-refractivity contribution < 1.29 is 0 Å². The fourth-order valence-corrected chi connectivity index (χ4v) is 7.04. The Morgan fingerprint density at radius 2 is 2.12 bits per heavy atom. The summed E-state index contributed by atoms with van der Waals surface area (Å²) in [4.78, 5) is 21.3. The summed E-state index contributed by atoms with van der Waals surface area (Å²) < 4.78 is 0. The molecular formula is C25H24N8S. The standard InChI is InChI=1S/C25H24N8S/c1-14-12-34-24(29-14)25(13-26)17-7-9-33(11-18(17)25)20-10-28-22-21(31-32-23(22)30-20)16-4-2-6-19-15(16)5-3-8-27-19/h2-6,8,10,12,17-18H,7,9,11,13,26H2,1H3,(H,30,31,32). The van der Waals surface area contributed by atoms with Gasteiger partial charge in [-0.25, -0.2) is 15.0 Å². The number of aromatic nitrogens is 6. The molecule has 9 heteroatoms. The molecule has 0 bridgehead atoms. The lowest BCUT2D eigenvalue weighted by molar-refractivity contribution is 0.545. The number of nitrogens with two attached hydrogens (primary N) is 1. The maximum atomic E-state index is 6.33. The van der Waals surface area contributed by atoms with Crippen LogP contribution in [0.4, 0.5) is 5.82 Å². The molecule has 1 aromatic carbocycles. The third-order valence-corrected chi connectivity index (χ3v) is 8.82. The first-order valence-electron chi connectivity index (χ1n) is 11.6. The van der Waals surface area contributed by atoms with E-state index in [-0.39, 0.29) is 5.41 Å². The van der Waals surface area contributed by atoms with E-state index in [4.69, 9.17) is 20.7 Å². The molecule has 8 nitrogen and oxygen atoms in total. The third kappa shape index (κ3) is 2.77. The topological polar surface area (TPSA) is 110 Å². The van der Waals surface area contributed by atoms with Gasteiger partial charge in [0.25, 0.3) is 0 Å². The predicted molar refractivity (Wildman–Crippen MR) is 134 cm³/mol. The van der Waals surface area contributed by atoms with Crippen molar-refractivity contribution in [2.45, 2.75) is 18.8 Å². The van der Waals surface area contributed by atoms with E-state index in [0.717, 1.165) is 58.7 Å². The first kappa shape index (κ1) is 20.0. The summed E-state index contributed by atoms with van der Waals surface area (Å²) in [5.41, 5.74) is 11.7. The number of nitrogens with one attached hydrogen (secondary N) is 1. The molecule has 1 saturated heterocycles. The van der Waals surface area contributed by atoms with Gasteiger partial charge in [-0.05, 0) is 37.3 Å². The van der Waals surface area contributed by atoms with Crippen LogP contribution in [0.2, 0.25) is 0 Å². The minimum Gasteiger partial charge on any atom is -0.355 e. The molecule has 2 aliphatic rings. The van der Waals surface area contributed by atoms with Crippen molar-refractivity contribution in [3.8, 4) is 11.3 Å². The number of hydrogen-bond donors (Lipinski definition) is 2. The van der Waals surface area contributed by atoms with E-state index in [0.29, 0.717) is 24.0 Å². The minimum atomic E-state index is 0.0226. The number of fused-ring (bicyclic) bond motifs is 3. The molecule has 34 heavy (non-hydrogen) atoms. The Bertz CT molecular complexity index is 1540. The number of nitrogens with zero attached hydrogens (tertiary/aromatic N) is 6. The zero-order chi connectivity index (χ0) is 22.9. The Hall–Kier alpha value is -3.43. The van der Waals surface area contributed by atoms with Crippen LogP contribution in [-0.2, 0) is 5.41 Å². The Morgan fingerprint density at radius 1 is 1.18 bits per heavy atom. The van der Waals surface area contributed by atoms with E-state index >= 15 is 0 Å². The smallest absolute Gasteiger partial charge is 0.177 e. The first-order chi connectivity index (χ1) is 16.7. The molecule has 4 aromatic heterocycles. The van der Waals surface area contributed by atoms with E-state index in [1.54, 1.807) is 17.5 Å². The van der Waals surface area contributed by atoms with E-state index < -0.39 is 0 Å². The normalized spacial score (nSPS) is 24.0. The minimum absolute atomic E-state index is 0.0226. The van der Waals surface area contributed by atoms with Crippen LogP contribution in [0.3, 0.4) is 0 Å². The molecular weight excluding hydrogens is 444 g/mol. The number of aromatic amines is 1. The SMILES string of the molecule is Cc1csc(C2(CN)C3CCN(c4cnc5c(-c6cccc7ncccc67)n[nH]c5n4)CC32)n1. The van der Waals surface area contributed by atoms with Crippen molar-refractivity contribution in [3.63, 3.8) is 0 Å². The average Bonchev–Trinajstić information content (AvgIpc) is 3.12. The lowest BCUT2D eigenvalue weighted by Crippen LogP contribution is -2.32. The van der Waals surface area contributed by atoms with Gasteiger partial charge in [-0.3, -0.25) is 10.1 Å². The molecule has 0 spiro atoms. The van der Waals surface area contributed by atoms with Gasteiger partial charge in [0.15, 0.2) is 5.65 Å². The van der Waals surface area contributed by atoms with Gasteiger partial charge in [-0.1, -0.05) is 18.2 Å². The van der Waals surface area contributed by atoms with E-state index in [1.165, 1.54) is 5.01 Å². The third-order valence-electron chi connectivity index (χ3n) is 7.66. The fraction of sp³-hybridized carbons (Fsp3) is 0.320. The number of piperidine rings is 1. The molecule has 7 rings (SSSR count). The van der Waals surface area contributed by atoms with Crippen LogP contribution in [0, 0.1) is 18.8 Å². The van der Waals surface area contributed by atoms with Crippen LogP contribution in [0.5, 0.6) is 0 Å². The molecule has 5 heterocycles. The van der Waals surface area contributed by atoms with Gasteiger partial charge in [0.05, 0.1) is 11.7 Å². The van der Waals surface area contributed by atoms with Crippen LogP contribution in [0.1, 0.15) is 17.1 Å². The average molecular weight is 469 g/mol. The van der Waals surface area contributed by atoms with Gasteiger partial charge in [-0.2, -0.15) is 5.10 Å². The number of thiazole rings is 1. The molecule has 3 N–H and O–H groups in total. The van der Waals surface area contributed by atoms with E-state index in [9.17, 15) is 0 Å². The number of hydrogen-bond acceptors (Lipinski definition) is 8. The van der Waals surface area contributed by atoms with Crippen molar-refractivity contribution in [3.05, 3.63) is 58.8 Å². The molecule has 1 aliphatic carbocycles. The molecule has 3 unspecified atom stereocenters. The second-order valence-electron chi connectivity index (χ2n) is 9.36. The Labute approximate surface area is 200 Å². The Morgan fingerprint density at radius 3 is 2.97 bits per heavy atom. The van der Waals surface area contributed by atoms with Gasteiger partial charge in [0.2, 0.25) is 0 Å². The summed E-state index contributed by atoms with van der Waals surface area (Å²) in [6.45, 7) is 4.58. The van der Waals surface area contributed by atoms with Crippen molar-refractivity contribution >= 4 is 39.2 Å². The summed E-state index contributed by atoms with van der Waals surface area (Å²) in [5, 5.41) is 12.1. The van der Waals surface area contributed by atoms with Crippen LogP contribution in [0.15, 0.2) is 48.1 Å². The Balaban J connectivity index is 1.20. The molecule has 0 radical (unpaired) electrons. The van der Waals surface area contributed by atoms with Gasteiger partial charge >= 0.3 is 0 Å². The Kier molecular flexibility index (Phi) is 4.28. The van der Waals surface area contributed by atoms with Crippen molar-refractivity contribution in [2.24, 2.45) is 17.6 Å². The number of anilines is 1. The molecule has 170 valence electrons. The highest BCUT2D eigenvalue weighted by Crippen LogP contribution is 2.63. The lowest BCUT2D eigenvalue weighted by atomic mass is 10.0. The second kappa shape index (κ2) is 7.28. The lowest BCUT2D eigenvalue weighted by Gasteiger charge is -2.26. The van der Waals surface area contributed by atoms with Crippen LogP contribution < -0.4 is 10.6 Å². The van der Waals surface area contributed by atoms with Gasteiger partial charge < -0.3 is 10.6 Å². The van der Waals surface area contributed by atoms with Crippen LogP contribution in [-0.4, -0.2) is 49.8 Å². The van der Waals surface area contributed by atoms with Crippen LogP contribution >= 0.6 is 11.3 Å². The zero-order valence-corrected chi connectivity index (χ0v) is 19.6. The highest BCUT2D eigenvalue weighted by atomic mass is 32.1. The molecule has 5 aromatic rings. The number of rotatable bonds is 4. The first-order valence-corrected chi connectivity index (χ1v) is 12.5. The zero-order valence-electron chi connectivity index (χ0n) is 18.8. The summed E-state index contributed by atoms with van der Waals surface area (Å²) in [6, 6.07) is 10.1. The van der Waals surface area contributed by atoms with Crippen molar-refractivity contribution in [1.29, 1.82) is 0 Å². The van der Waals surface area contributed by atoms with Crippen LogP contribution in [0.25, 0.3) is 33.3 Å². The summed E-state index contributed by atoms with van der Waals surface area (Å²) in [6.07, 6.45) is 4.78. The van der Waals surface area contributed by atoms with Crippen molar-refractivity contribution in [1.82, 2.24) is 30.1 Å². The molecule has 2 fully saturated rings. The molecule has 1 aliphatic heterocycles. The monoisotopic (exact) mass is 468 g/mol. The predicted octanol–water partition coefficient (Wildman–Crippen LogP) is 3.69. The van der Waals surface area contributed by atoms with Gasteiger partial charge in [0.1, 0.15) is 22.0 Å². The molecule has 3 atom stereocenters. The maximum absolute atomic E-state index is 6.33. The van der Waals surface area contributed by atoms with E-state index in [1.807, 2.05) is 24.4 Å². The summed E-state index contributed by atoms with van der Waals surface area (Å²) in [5.74, 6) is 2.00. The fourth-order valence-electron chi connectivity index (χ4n) is 5.90. The highest BCUT2D eigenvalue weighted by Gasteiger charge is 2.67. The van der Waals surface area contributed by atoms with Crippen molar-refractivity contribution in [2.75, 3.05) is 24.5 Å². The summed E-state index contributed by atoms with van der Waals surface area (Å²) >= 11 is 1.75. The largest absolute Gasteiger partial charge is 0.355 e. The number of H-pyrrole nitrogens is 1. The van der Waals surface area contributed by atoms with Gasteiger partial charge in [0, 0.05) is 53.3 Å². The molecule has 1 saturated carbocycles.